The van der Waals surface area contributed by atoms with Crippen LogP contribution in [-0.2, 0) is 11.3 Å². The Kier molecular flexibility index (Phi) is 6.01. The van der Waals surface area contributed by atoms with Gasteiger partial charge in [-0.05, 0) is 30.5 Å². The highest BCUT2D eigenvalue weighted by atomic mass is 16.1. The Morgan fingerprint density at radius 2 is 2.23 bits per heavy atom. The molecule has 0 aromatic heterocycles. The minimum atomic E-state index is 0.139. The summed E-state index contributed by atoms with van der Waals surface area (Å²) in [6.07, 6.45) is 4.97. The Morgan fingerprint density at radius 1 is 1.41 bits per heavy atom. The molecule has 1 fully saturated rings. The van der Waals surface area contributed by atoms with E-state index in [0.29, 0.717) is 13.1 Å². The van der Waals surface area contributed by atoms with Gasteiger partial charge in [0.05, 0.1) is 0 Å². The van der Waals surface area contributed by atoms with Crippen LogP contribution in [0.2, 0.25) is 0 Å². The highest BCUT2D eigenvalue weighted by molar-refractivity contribution is 5.93. The second-order valence-electron chi connectivity index (χ2n) is 5.41. The second-order valence-corrected chi connectivity index (χ2v) is 5.41. The summed E-state index contributed by atoms with van der Waals surface area (Å²) in [7, 11) is 1.73. The molecule has 1 aliphatic carbocycles. The van der Waals surface area contributed by atoms with Crippen molar-refractivity contribution in [2.75, 3.05) is 18.9 Å². The van der Waals surface area contributed by atoms with E-state index in [1.54, 1.807) is 13.1 Å². The molecule has 0 radical (unpaired) electrons. The van der Waals surface area contributed by atoms with Gasteiger partial charge in [0.15, 0.2) is 5.96 Å². The van der Waals surface area contributed by atoms with Crippen LogP contribution >= 0.6 is 0 Å². The van der Waals surface area contributed by atoms with Gasteiger partial charge in [0.1, 0.15) is 0 Å². The number of aliphatic imine (C=N–C) groups is 1. The molecule has 0 spiro atoms. The van der Waals surface area contributed by atoms with Gasteiger partial charge in [-0.3, -0.25) is 9.79 Å². The number of hydrogen-bond donors (Lipinski definition) is 3. The predicted octanol–water partition coefficient (Wildman–Crippen LogP) is 2.28. The van der Waals surface area contributed by atoms with Crippen molar-refractivity contribution in [3.05, 3.63) is 42.5 Å². The Labute approximate surface area is 131 Å². The maximum absolute atomic E-state index is 12.0. The number of nitrogens with one attached hydrogen (secondary N) is 3. The summed E-state index contributed by atoms with van der Waals surface area (Å²) in [4.78, 5) is 16.1. The summed E-state index contributed by atoms with van der Waals surface area (Å²) in [5, 5.41) is 9.34. The van der Waals surface area contributed by atoms with Gasteiger partial charge in [0, 0.05) is 31.7 Å². The molecule has 1 aromatic carbocycles. The van der Waals surface area contributed by atoms with Gasteiger partial charge >= 0.3 is 0 Å². The number of benzene rings is 1. The van der Waals surface area contributed by atoms with Crippen molar-refractivity contribution in [3.63, 3.8) is 0 Å². The number of carbonyl (C=O) groups excluding carboxylic acids is 1. The van der Waals surface area contributed by atoms with E-state index in [1.165, 1.54) is 6.42 Å². The summed E-state index contributed by atoms with van der Waals surface area (Å²) in [5.41, 5.74) is 1.94. The van der Waals surface area contributed by atoms with E-state index < -0.39 is 0 Å². The molecule has 1 amide bonds. The molecule has 1 aliphatic rings. The van der Waals surface area contributed by atoms with Gasteiger partial charge in [-0.15, -0.1) is 6.58 Å². The third kappa shape index (κ3) is 4.62. The molecule has 0 unspecified atom stereocenters. The molecule has 0 atom stereocenters. The molecule has 0 saturated heterocycles. The lowest BCUT2D eigenvalue weighted by molar-refractivity contribution is -0.122. The first kappa shape index (κ1) is 16.1. The lowest BCUT2D eigenvalue weighted by atomic mass is 9.85. The van der Waals surface area contributed by atoms with Gasteiger partial charge in [0.2, 0.25) is 5.91 Å². The average Bonchev–Trinajstić information content (AvgIpc) is 2.46. The van der Waals surface area contributed by atoms with E-state index in [2.05, 4.69) is 27.5 Å². The van der Waals surface area contributed by atoms with E-state index >= 15 is 0 Å². The Hall–Kier alpha value is -2.30. The van der Waals surface area contributed by atoms with E-state index in [9.17, 15) is 4.79 Å². The van der Waals surface area contributed by atoms with Crippen LogP contribution < -0.4 is 16.0 Å². The molecule has 1 aromatic rings. The molecule has 5 heteroatoms. The van der Waals surface area contributed by atoms with Crippen LogP contribution in [0.4, 0.5) is 5.69 Å². The zero-order chi connectivity index (χ0) is 15.8. The van der Waals surface area contributed by atoms with Crippen molar-refractivity contribution >= 4 is 17.6 Å². The predicted molar refractivity (Wildman–Crippen MR) is 90.8 cm³/mol. The number of amides is 1. The summed E-state index contributed by atoms with van der Waals surface area (Å²) < 4.78 is 0. The normalized spacial score (nSPS) is 14.9. The van der Waals surface area contributed by atoms with Gasteiger partial charge in [-0.25, -0.2) is 0 Å². The van der Waals surface area contributed by atoms with Gasteiger partial charge < -0.3 is 16.0 Å². The largest absolute Gasteiger partial charge is 0.353 e. The van der Waals surface area contributed by atoms with Crippen LogP contribution in [-0.4, -0.2) is 25.5 Å². The topological polar surface area (TPSA) is 65.5 Å². The smallest absolute Gasteiger partial charge is 0.227 e. The molecule has 118 valence electrons. The summed E-state index contributed by atoms with van der Waals surface area (Å²) in [6, 6.07) is 7.88. The molecule has 0 aliphatic heterocycles. The number of hydrogen-bond acceptors (Lipinski definition) is 2. The highest BCUT2D eigenvalue weighted by Crippen LogP contribution is 2.27. The van der Waals surface area contributed by atoms with Crippen molar-refractivity contribution in [3.8, 4) is 0 Å². The summed E-state index contributed by atoms with van der Waals surface area (Å²) in [6.45, 7) is 4.97. The number of nitrogens with zero attached hydrogens (tertiary/aromatic N) is 1. The fraction of sp³-hybridized carbons (Fsp3) is 0.412. The van der Waals surface area contributed by atoms with E-state index in [-0.39, 0.29) is 11.8 Å². The lowest BCUT2D eigenvalue weighted by Gasteiger charge is -2.24. The van der Waals surface area contributed by atoms with Crippen LogP contribution in [0.5, 0.6) is 0 Å². The minimum Gasteiger partial charge on any atom is -0.353 e. The standard InChI is InChI=1S/C17H24N4O/c1-3-10-19-17(18-2)20-12-13-6-4-9-15(11-13)21-16(22)14-7-5-8-14/h3-4,6,9,11,14H,1,5,7-8,10,12H2,2H3,(H,21,22)(H2,18,19,20). The van der Waals surface area contributed by atoms with Crippen molar-refractivity contribution in [1.29, 1.82) is 0 Å². The van der Waals surface area contributed by atoms with Crippen molar-refractivity contribution in [2.45, 2.75) is 25.8 Å². The lowest BCUT2D eigenvalue weighted by Crippen LogP contribution is -2.36. The number of carbonyl (C=O) groups is 1. The van der Waals surface area contributed by atoms with E-state index in [4.69, 9.17) is 0 Å². The maximum Gasteiger partial charge on any atom is 0.227 e. The fourth-order valence-electron chi connectivity index (χ4n) is 2.25. The molecule has 1 saturated carbocycles. The third-order valence-corrected chi connectivity index (χ3v) is 3.77. The molecular weight excluding hydrogens is 276 g/mol. The Bertz CT molecular complexity index is 549. The first-order chi connectivity index (χ1) is 10.7. The number of rotatable bonds is 6. The molecular formula is C17H24N4O. The van der Waals surface area contributed by atoms with Crippen LogP contribution in [0.15, 0.2) is 41.9 Å². The molecule has 0 heterocycles. The first-order valence-corrected chi connectivity index (χ1v) is 7.68. The fourth-order valence-corrected chi connectivity index (χ4v) is 2.25. The first-order valence-electron chi connectivity index (χ1n) is 7.68. The number of guanidine groups is 1. The Balaban J connectivity index is 1.87. The third-order valence-electron chi connectivity index (χ3n) is 3.77. The van der Waals surface area contributed by atoms with Crippen molar-refractivity contribution < 1.29 is 4.79 Å². The quantitative estimate of drug-likeness (QED) is 0.429. The monoisotopic (exact) mass is 300 g/mol. The van der Waals surface area contributed by atoms with Gasteiger partial charge in [-0.1, -0.05) is 24.6 Å². The molecule has 22 heavy (non-hydrogen) atoms. The SMILES string of the molecule is C=CCNC(=NC)NCc1cccc(NC(=O)C2CCC2)c1. The maximum atomic E-state index is 12.0. The number of anilines is 1. The van der Waals surface area contributed by atoms with E-state index in [1.807, 2.05) is 24.3 Å². The summed E-state index contributed by atoms with van der Waals surface area (Å²) >= 11 is 0. The molecule has 0 bridgehead atoms. The molecule has 5 nitrogen and oxygen atoms in total. The minimum absolute atomic E-state index is 0.139. The van der Waals surface area contributed by atoms with Crippen molar-refractivity contribution in [1.82, 2.24) is 10.6 Å². The average molecular weight is 300 g/mol. The van der Waals surface area contributed by atoms with Gasteiger partial charge in [-0.2, -0.15) is 0 Å². The van der Waals surface area contributed by atoms with Crippen LogP contribution in [0.1, 0.15) is 24.8 Å². The zero-order valence-electron chi connectivity index (χ0n) is 13.1. The molecule has 2 rings (SSSR count). The van der Waals surface area contributed by atoms with Crippen LogP contribution in [0.25, 0.3) is 0 Å². The van der Waals surface area contributed by atoms with E-state index in [0.717, 1.165) is 30.1 Å². The van der Waals surface area contributed by atoms with Gasteiger partial charge in [0.25, 0.3) is 0 Å². The zero-order valence-corrected chi connectivity index (χ0v) is 13.1. The second kappa shape index (κ2) is 8.22. The van der Waals surface area contributed by atoms with Crippen LogP contribution in [0, 0.1) is 5.92 Å². The Morgan fingerprint density at radius 3 is 2.86 bits per heavy atom. The molecule has 3 N–H and O–H groups in total. The van der Waals surface area contributed by atoms with Crippen LogP contribution in [0.3, 0.4) is 0 Å². The van der Waals surface area contributed by atoms with Crippen molar-refractivity contribution in [2.24, 2.45) is 10.9 Å². The highest BCUT2D eigenvalue weighted by Gasteiger charge is 2.25. The summed E-state index contributed by atoms with van der Waals surface area (Å²) in [5.74, 6) is 1.06.